The van der Waals surface area contributed by atoms with Crippen molar-refractivity contribution in [2.75, 3.05) is 26.8 Å². The summed E-state index contributed by atoms with van der Waals surface area (Å²) in [5.41, 5.74) is 6.25. The number of hydrogen-bond donors (Lipinski definition) is 1. The van der Waals surface area contributed by atoms with Crippen molar-refractivity contribution in [3.63, 3.8) is 0 Å². The molecule has 1 aliphatic heterocycles. The van der Waals surface area contributed by atoms with Crippen molar-refractivity contribution in [3.8, 4) is 0 Å². The van der Waals surface area contributed by atoms with E-state index in [1.54, 1.807) is 7.11 Å². The molecule has 114 valence electrons. The largest absolute Gasteiger partial charge is 0.383 e. The van der Waals surface area contributed by atoms with Crippen LogP contribution in [0.5, 0.6) is 0 Å². The third-order valence-corrected chi connectivity index (χ3v) is 4.45. The van der Waals surface area contributed by atoms with Gasteiger partial charge in [-0.15, -0.1) is 0 Å². The summed E-state index contributed by atoms with van der Waals surface area (Å²) in [6, 6.07) is 0.524. The van der Waals surface area contributed by atoms with Crippen LogP contribution in [0.2, 0.25) is 0 Å². The van der Waals surface area contributed by atoms with Gasteiger partial charge in [-0.2, -0.15) is 0 Å². The molecule has 0 aliphatic carbocycles. The monoisotopic (exact) mass is 272 g/mol. The molecule has 0 spiro atoms. The third kappa shape index (κ3) is 4.15. The smallest absolute Gasteiger partial charge is 0.0590 e. The maximum atomic E-state index is 6.19. The highest BCUT2D eigenvalue weighted by Gasteiger charge is 2.43. The van der Waals surface area contributed by atoms with Gasteiger partial charge in [-0.05, 0) is 40.0 Å². The first-order valence-corrected chi connectivity index (χ1v) is 7.60. The standard InChI is InChI=1S/C15H32N2O2/c1-6-12(2)17(7-8-18-5)15(11-16)9-13(3)19-14(4)10-15/h12-14H,6-11,16H2,1-5H3. The Balaban J connectivity index is 2.92. The Labute approximate surface area is 118 Å². The van der Waals surface area contributed by atoms with E-state index in [2.05, 4.69) is 32.6 Å². The Kier molecular flexibility index (Phi) is 6.74. The average molecular weight is 272 g/mol. The fourth-order valence-electron chi connectivity index (χ4n) is 3.50. The molecule has 3 atom stereocenters. The predicted molar refractivity (Wildman–Crippen MR) is 79.4 cm³/mol. The molecule has 1 rings (SSSR count). The molecule has 1 aliphatic rings. The number of methoxy groups -OCH3 is 1. The molecule has 4 nitrogen and oxygen atoms in total. The Morgan fingerprint density at radius 2 is 1.95 bits per heavy atom. The van der Waals surface area contributed by atoms with Crippen molar-refractivity contribution < 1.29 is 9.47 Å². The summed E-state index contributed by atoms with van der Waals surface area (Å²) < 4.78 is 11.2. The van der Waals surface area contributed by atoms with E-state index in [0.717, 1.165) is 32.4 Å². The predicted octanol–water partition coefficient (Wildman–Crippen LogP) is 2.02. The SMILES string of the molecule is CCC(C)N(CCOC)C1(CN)CC(C)OC(C)C1. The molecular formula is C15H32N2O2. The van der Waals surface area contributed by atoms with E-state index in [1.807, 2.05) is 0 Å². The van der Waals surface area contributed by atoms with Crippen molar-refractivity contribution in [3.05, 3.63) is 0 Å². The summed E-state index contributed by atoms with van der Waals surface area (Å²) in [5, 5.41) is 0. The van der Waals surface area contributed by atoms with E-state index in [0.29, 0.717) is 12.6 Å². The highest BCUT2D eigenvalue weighted by molar-refractivity contribution is 4.99. The van der Waals surface area contributed by atoms with Gasteiger partial charge in [0.25, 0.3) is 0 Å². The minimum Gasteiger partial charge on any atom is -0.383 e. The molecular weight excluding hydrogens is 240 g/mol. The minimum absolute atomic E-state index is 0.0606. The van der Waals surface area contributed by atoms with Gasteiger partial charge in [0.15, 0.2) is 0 Å². The third-order valence-electron chi connectivity index (χ3n) is 4.45. The number of hydrogen-bond acceptors (Lipinski definition) is 4. The zero-order valence-electron chi connectivity index (χ0n) is 13.3. The highest BCUT2D eigenvalue weighted by Crippen LogP contribution is 2.35. The summed E-state index contributed by atoms with van der Waals surface area (Å²) in [7, 11) is 1.76. The zero-order chi connectivity index (χ0) is 14.5. The number of rotatable bonds is 7. The van der Waals surface area contributed by atoms with Crippen LogP contribution in [0.1, 0.15) is 47.0 Å². The zero-order valence-corrected chi connectivity index (χ0v) is 13.3. The van der Waals surface area contributed by atoms with Gasteiger partial charge in [0, 0.05) is 31.8 Å². The molecule has 1 saturated heterocycles. The van der Waals surface area contributed by atoms with E-state index < -0.39 is 0 Å². The van der Waals surface area contributed by atoms with Gasteiger partial charge in [-0.25, -0.2) is 0 Å². The molecule has 0 amide bonds. The Morgan fingerprint density at radius 1 is 1.37 bits per heavy atom. The number of ether oxygens (including phenoxy) is 2. The van der Waals surface area contributed by atoms with Crippen LogP contribution in [0.4, 0.5) is 0 Å². The van der Waals surface area contributed by atoms with Gasteiger partial charge in [-0.3, -0.25) is 4.90 Å². The fourth-order valence-corrected chi connectivity index (χ4v) is 3.50. The molecule has 0 aromatic carbocycles. The van der Waals surface area contributed by atoms with Crippen molar-refractivity contribution in [1.29, 1.82) is 0 Å². The van der Waals surface area contributed by atoms with Crippen LogP contribution in [-0.2, 0) is 9.47 Å². The molecule has 2 N–H and O–H groups in total. The summed E-state index contributed by atoms with van der Waals surface area (Å²) in [6.45, 7) is 11.2. The first-order chi connectivity index (χ1) is 8.99. The van der Waals surface area contributed by atoms with Crippen LogP contribution in [0, 0.1) is 0 Å². The first-order valence-electron chi connectivity index (χ1n) is 7.60. The first kappa shape index (κ1) is 16.9. The Morgan fingerprint density at radius 3 is 2.37 bits per heavy atom. The van der Waals surface area contributed by atoms with Crippen molar-refractivity contribution >= 4 is 0 Å². The molecule has 0 aromatic heterocycles. The second kappa shape index (κ2) is 7.58. The van der Waals surface area contributed by atoms with Crippen molar-refractivity contribution in [2.45, 2.75) is 70.7 Å². The molecule has 19 heavy (non-hydrogen) atoms. The van der Waals surface area contributed by atoms with E-state index in [1.165, 1.54) is 0 Å². The minimum atomic E-state index is 0.0606. The quantitative estimate of drug-likeness (QED) is 0.770. The molecule has 0 aromatic rings. The van der Waals surface area contributed by atoms with Crippen LogP contribution in [0.25, 0.3) is 0 Å². The van der Waals surface area contributed by atoms with Gasteiger partial charge < -0.3 is 15.2 Å². The Bertz CT molecular complexity index is 251. The van der Waals surface area contributed by atoms with Gasteiger partial charge in [-0.1, -0.05) is 6.92 Å². The molecule has 1 fully saturated rings. The average Bonchev–Trinajstić information content (AvgIpc) is 2.37. The van der Waals surface area contributed by atoms with Gasteiger partial charge in [0.05, 0.1) is 18.8 Å². The second-order valence-corrected chi connectivity index (χ2v) is 6.04. The number of nitrogens with zero attached hydrogens (tertiary/aromatic N) is 1. The molecule has 0 saturated carbocycles. The molecule has 0 radical (unpaired) electrons. The van der Waals surface area contributed by atoms with Crippen LogP contribution < -0.4 is 5.73 Å². The van der Waals surface area contributed by atoms with E-state index in [-0.39, 0.29) is 17.7 Å². The van der Waals surface area contributed by atoms with Gasteiger partial charge >= 0.3 is 0 Å². The lowest BCUT2D eigenvalue weighted by Crippen LogP contribution is -2.62. The summed E-state index contributed by atoms with van der Waals surface area (Å²) in [5.74, 6) is 0. The lowest BCUT2D eigenvalue weighted by Gasteiger charge is -2.51. The summed E-state index contributed by atoms with van der Waals surface area (Å²) in [4.78, 5) is 2.56. The maximum Gasteiger partial charge on any atom is 0.0590 e. The normalized spacial score (nSPS) is 33.6. The van der Waals surface area contributed by atoms with Crippen LogP contribution in [-0.4, -0.2) is 55.5 Å². The van der Waals surface area contributed by atoms with Gasteiger partial charge in [0.2, 0.25) is 0 Å². The summed E-state index contributed by atoms with van der Waals surface area (Å²) in [6.07, 6.45) is 3.72. The number of nitrogens with two attached hydrogens (primary N) is 1. The fraction of sp³-hybridized carbons (Fsp3) is 1.00. The summed E-state index contributed by atoms with van der Waals surface area (Å²) >= 11 is 0. The van der Waals surface area contributed by atoms with Crippen LogP contribution in [0.3, 0.4) is 0 Å². The van der Waals surface area contributed by atoms with E-state index >= 15 is 0 Å². The molecule has 1 heterocycles. The molecule has 0 bridgehead atoms. The maximum absolute atomic E-state index is 6.19. The Hall–Kier alpha value is -0.160. The van der Waals surface area contributed by atoms with Crippen molar-refractivity contribution in [1.82, 2.24) is 4.90 Å². The lowest BCUT2D eigenvalue weighted by atomic mass is 9.81. The van der Waals surface area contributed by atoms with Gasteiger partial charge in [0.1, 0.15) is 0 Å². The molecule has 4 heteroatoms. The molecule has 3 unspecified atom stereocenters. The van der Waals surface area contributed by atoms with Crippen molar-refractivity contribution in [2.24, 2.45) is 5.73 Å². The lowest BCUT2D eigenvalue weighted by molar-refractivity contribution is -0.115. The van der Waals surface area contributed by atoms with E-state index in [9.17, 15) is 0 Å². The van der Waals surface area contributed by atoms with Crippen LogP contribution >= 0.6 is 0 Å². The highest BCUT2D eigenvalue weighted by atomic mass is 16.5. The topological polar surface area (TPSA) is 47.7 Å². The van der Waals surface area contributed by atoms with Crippen LogP contribution in [0.15, 0.2) is 0 Å². The second-order valence-electron chi connectivity index (χ2n) is 6.04. The van der Waals surface area contributed by atoms with E-state index in [4.69, 9.17) is 15.2 Å².